The van der Waals surface area contributed by atoms with E-state index in [2.05, 4.69) is 17.2 Å². The molecule has 3 rings (SSSR count). The molecule has 0 radical (unpaired) electrons. The summed E-state index contributed by atoms with van der Waals surface area (Å²) >= 11 is 4.42. The van der Waals surface area contributed by atoms with E-state index < -0.39 is 0 Å². The number of nitrogens with zero attached hydrogens (tertiary/aromatic N) is 2. The fourth-order valence-corrected chi connectivity index (χ4v) is 5.28. The van der Waals surface area contributed by atoms with E-state index in [1.165, 1.54) is 29.5 Å². The molecule has 0 aromatic carbocycles. The summed E-state index contributed by atoms with van der Waals surface area (Å²) in [5, 5.41) is 7.38. The van der Waals surface area contributed by atoms with Gasteiger partial charge in [0.1, 0.15) is 0 Å². The summed E-state index contributed by atoms with van der Waals surface area (Å²) in [5.74, 6) is 0.677. The second-order valence-electron chi connectivity index (χ2n) is 6.20. The molecular weight excluding hydrogens is 386 g/mol. The number of likely N-dealkylation sites (tertiary alicyclic amines) is 1. The lowest BCUT2D eigenvalue weighted by atomic mass is 10.0. The highest BCUT2D eigenvalue weighted by Crippen LogP contribution is 2.28. The third-order valence-corrected chi connectivity index (χ3v) is 6.97. The number of amides is 2. The summed E-state index contributed by atoms with van der Waals surface area (Å²) in [5.41, 5.74) is 0.888. The lowest BCUT2D eigenvalue weighted by molar-refractivity contribution is -0.132. The van der Waals surface area contributed by atoms with Crippen LogP contribution in [0.5, 0.6) is 0 Å². The Morgan fingerprint density at radius 3 is 3.00 bits per heavy atom. The number of thiazole rings is 1. The van der Waals surface area contributed by atoms with E-state index in [1.54, 1.807) is 11.3 Å². The first-order chi connectivity index (χ1) is 12.7. The molecule has 26 heavy (non-hydrogen) atoms. The molecular formula is C18H23N3O2S3. The maximum atomic E-state index is 12.4. The van der Waals surface area contributed by atoms with Crippen LogP contribution in [-0.4, -0.2) is 45.8 Å². The predicted molar refractivity (Wildman–Crippen MR) is 111 cm³/mol. The average Bonchev–Trinajstić information content (AvgIpc) is 3.33. The highest BCUT2D eigenvalue weighted by Gasteiger charge is 2.25. The van der Waals surface area contributed by atoms with Gasteiger partial charge in [-0.15, -0.1) is 34.4 Å². The number of aromatic nitrogens is 1. The molecule has 0 aliphatic carbocycles. The van der Waals surface area contributed by atoms with Crippen molar-refractivity contribution in [1.82, 2.24) is 9.88 Å². The van der Waals surface area contributed by atoms with Crippen molar-refractivity contribution in [2.24, 2.45) is 0 Å². The van der Waals surface area contributed by atoms with Gasteiger partial charge in [-0.1, -0.05) is 13.0 Å². The topological polar surface area (TPSA) is 62.3 Å². The van der Waals surface area contributed by atoms with Gasteiger partial charge < -0.3 is 10.2 Å². The summed E-state index contributed by atoms with van der Waals surface area (Å²) in [6.07, 6.45) is 4.40. The summed E-state index contributed by atoms with van der Waals surface area (Å²) in [4.78, 5) is 32.0. The monoisotopic (exact) mass is 409 g/mol. The molecule has 1 aliphatic rings. The number of thioether (sulfide) groups is 1. The Morgan fingerprint density at radius 1 is 1.35 bits per heavy atom. The number of hydrogen-bond acceptors (Lipinski definition) is 6. The van der Waals surface area contributed by atoms with Gasteiger partial charge in [-0.05, 0) is 37.1 Å². The smallest absolute Gasteiger partial charge is 0.236 e. The first-order valence-electron chi connectivity index (χ1n) is 8.84. The van der Waals surface area contributed by atoms with Crippen molar-refractivity contribution in [3.05, 3.63) is 22.9 Å². The van der Waals surface area contributed by atoms with Gasteiger partial charge in [0.2, 0.25) is 11.8 Å². The number of rotatable bonds is 7. The molecule has 1 N–H and O–H groups in total. The Kier molecular flexibility index (Phi) is 7.10. The fraction of sp³-hybridized carbons (Fsp3) is 0.500. The predicted octanol–water partition coefficient (Wildman–Crippen LogP) is 4.33. The van der Waals surface area contributed by atoms with Crippen molar-refractivity contribution in [1.29, 1.82) is 0 Å². The van der Waals surface area contributed by atoms with Crippen LogP contribution in [0.3, 0.4) is 0 Å². The van der Waals surface area contributed by atoms with Crippen LogP contribution in [0.25, 0.3) is 10.6 Å². The minimum atomic E-state index is -0.111. The molecule has 1 fully saturated rings. The minimum Gasteiger partial charge on any atom is -0.339 e. The summed E-state index contributed by atoms with van der Waals surface area (Å²) in [7, 11) is 0. The number of carbonyl (C=O) groups excluding carboxylic acids is 2. The molecule has 1 aliphatic heterocycles. The van der Waals surface area contributed by atoms with Crippen molar-refractivity contribution in [2.45, 2.75) is 38.6 Å². The number of nitrogens with one attached hydrogen (secondary N) is 1. The molecule has 2 aromatic heterocycles. The first kappa shape index (κ1) is 19.4. The molecule has 1 unspecified atom stereocenters. The lowest BCUT2D eigenvalue weighted by Gasteiger charge is -2.35. The van der Waals surface area contributed by atoms with Crippen LogP contribution in [0.4, 0.5) is 5.13 Å². The normalized spacial score (nSPS) is 17.3. The van der Waals surface area contributed by atoms with E-state index in [4.69, 9.17) is 0 Å². The lowest BCUT2D eigenvalue weighted by Crippen LogP contribution is -2.44. The Balaban J connectivity index is 1.42. The maximum absolute atomic E-state index is 12.4. The molecule has 2 amide bonds. The van der Waals surface area contributed by atoms with Gasteiger partial charge in [0.15, 0.2) is 5.13 Å². The van der Waals surface area contributed by atoms with E-state index in [-0.39, 0.29) is 17.6 Å². The van der Waals surface area contributed by atoms with Crippen molar-refractivity contribution in [2.75, 3.05) is 23.4 Å². The fourth-order valence-electron chi connectivity index (χ4n) is 3.09. The Labute approximate surface area is 166 Å². The average molecular weight is 410 g/mol. The molecule has 3 heterocycles. The molecule has 1 saturated heterocycles. The summed E-state index contributed by atoms with van der Waals surface area (Å²) in [6, 6.07) is 4.37. The highest BCUT2D eigenvalue weighted by atomic mass is 32.2. The molecule has 5 nitrogen and oxygen atoms in total. The van der Waals surface area contributed by atoms with Crippen LogP contribution in [0.2, 0.25) is 0 Å². The zero-order chi connectivity index (χ0) is 18.4. The van der Waals surface area contributed by atoms with Gasteiger partial charge >= 0.3 is 0 Å². The van der Waals surface area contributed by atoms with E-state index in [0.29, 0.717) is 16.9 Å². The Morgan fingerprint density at radius 2 is 2.23 bits per heavy atom. The minimum absolute atomic E-state index is 0.111. The van der Waals surface area contributed by atoms with Crippen LogP contribution < -0.4 is 5.32 Å². The van der Waals surface area contributed by atoms with Gasteiger partial charge in [-0.25, -0.2) is 4.98 Å². The van der Waals surface area contributed by atoms with Gasteiger partial charge in [-0.2, -0.15) is 0 Å². The highest BCUT2D eigenvalue weighted by molar-refractivity contribution is 8.00. The maximum Gasteiger partial charge on any atom is 0.236 e. The second-order valence-corrected chi connectivity index (χ2v) is 8.99. The van der Waals surface area contributed by atoms with Crippen LogP contribution in [0, 0.1) is 0 Å². The number of piperidine rings is 1. The van der Waals surface area contributed by atoms with Crippen LogP contribution in [-0.2, 0) is 9.59 Å². The van der Waals surface area contributed by atoms with Crippen LogP contribution in [0.1, 0.15) is 32.6 Å². The van der Waals surface area contributed by atoms with Crippen molar-refractivity contribution in [3.8, 4) is 10.6 Å². The molecule has 1 atom stereocenters. The molecule has 2 aromatic rings. The van der Waals surface area contributed by atoms with Crippen LogP contribution >= 0.6 is 34.4 Å². The number of thiophene rings is 1. The Bertz CT molecular complexity index is 730. The SMILES string of the molecule is CCC1CCCCN1C(=O)CSCC(=O)Nc1nc(-c2cccs2)cs1. The quantitative estimate of drug-likeness (QED) is 0.739. The van der Waals surface area contributed by atoms with E-state index in [9.17, 15) is 9.59 Å². The number of carbonyl (C=O) groups is 2. The molecule has 140 valence electrons. The molecule has 0 spiro atoms. The summed E-state index contributed by atoms with van der Waals surface area (Å²) in [6.45, 7) is 2.99. The van der Waals surface area contributed by atoms with Gasteiger partial charge in [0, 0.05) is 18.0 Å². The molecule has 0 saturated carbocycles. The van der Waals surface area contributed by atoms with Gasteiger partial charge in [-0.3, -0.25) is 9.59 Å². The summed E-state index contributed by atoms with van der Waals surface area (Å²) < 4.78 is 0. The molecule has 8 heteroatoms. The molecule has 0 bridgehead atoms. The number of hydrogen-bond donors (Lipinski definition) is 1. The third-order valence-electron chi connectivity index (χ3n) is 4.40. The third kappa shape index (κ3) is 5.08. The van der Waals surface area contributed by atoms with Crippen molar-refractivity contribution >= 4 is 51.4 Å². The standard InChI is InChI=1S/C18H23N3O2S3/c1-2-13-6-3-4-8-21(13)17(23)12-24-11-16(22)20-18-19-14(10-26-18)15-7-5-9-25-15/h5,7,9-10,13H,2-4,6,8,11-12H2,1H3,(H,19,20,22). The number of anilines is 1. The van der Waals surface area contributed by atoms with Crippen LogP contribution in [0.15, 0.2) is 22.9 Å². The van der Waals surface area contributed by atoms with E-state index in [1.807, 2.05) is 27.8 Å². The second kappa shape index (κ2) is 9.53. The van der Waals surface area contributed by atoms with E-state index >= 15 is 0 Å². The van der Waals surface area contributed by atoms with Gasteiger partial charge in [0.05, 0.1) is 22.1 Å². The van der Waals surface area contributed by atoms with Crippen molar-refractivity contribution < 1.29 is 9.59 Å². The zero-order valence-electron chi connectivity index (χ0n) is 14.8. The largest absolute Gasteiger partial charge is 0.339 e. The first-order valence-corrected chi connectivity index (χ1v) is 11.7. The Hall–Kier alpha value is -1.38. The van der Waals surface area contributed by atoms with Gasteiger partial charge in [0.25, 0.3) is 0 Å². The zero-order valence-corrected chi connectivity index (χ0v) is 17.2. The van der Waals surface area contributed by atoms with E-state index in [0.717, 1.165) is 36.4 Å². The van der Waals surface area contributed by atoms with Crippen molar-refractivity contribution in [3.63, 3.8) is 0 Å².